The summed E-state index contributed by atoms with van der Waals surface area (Å²) in [6.07, 6.45) is 0.456. The number of carbonyl (C=O) groups excluding carboxylic acids is 1. The van der Waals surface area contributed by atoms with Crippen LogP contribution < -0.4 is 0 Å². The number of rotatable bonds is 3. The van der Waals surface area contributed by atoms with Crippen molar-refractivity contribution in [3.8, 4) is 0 Å². The van der Waals surface area contributed by atoms with Crippen LogP contribution in [0.4, 0.5) is 0 Å². The Hall–Kier alpha value is -0.640. The molecular formula is C10H7ClOS2. The lowest BCUT2D eigenvalue weighted by atomic mass is 10.2. The molecule has 0 spiro atoms. The lowest BCUT2D eigenvalue weighted by Crippen LogP contribution is -1.98. The first-order valence-electron chi connectivity index (χ1n) is 4.06. The topological polar surface area (TPSA) is 17.1 Å². The number of Topliss-reactive ketones (excluding diaryl/α,β-unsaturated/α-hetero) is 1. The molecule has 0 fully saturated rings. The molecule has 0 aromatic carbocycles. The molecule has 0 saturated carbocycles. The number of ketones is 1. The molecule has 4 heteroatoms. The highest BCUT2D eigenvalue weighted by molar-refractivity contribution is 7.16. The van der Waals surface area contributed by atoms with Crippen molar-refractivity contribution in [1.29, 1.82) is 0 Å². The maximum Gasteiger partial charge on any atom is 0.177 e. The third kappa shape index (κ3) is 2.23. The second kappa shape index (κ2) is 4.26. The Morgan fingerprint density at radius 3 is 2.79 bits per heavy atom. The molecule has 0 radical (unpaired) electrons. The van der Waals surface area contributed by atoms with Gasteiger partial charge in [0.1, 0.15) is 0 Å². The molecule has 0 aliphatic heterocycles. The molecule has 0 N–H and O–H groups in total. The van der Waals surface area contributed by atoms with Gasteiger partial charge in [-0.1, -0.05) is 17.7 Å². The van der Waals surface area contributed by atoms with E-state index in [0.717, 1.165) is 14.1 Å². The van der Waals surface area contributed by atoms with Gasteiger partial charge in [0.05, 0.1) is 9.21 Å². The van der Waals surface area contributed by atoms with E-state index in [2.05, 4.69) is 0 Å². The van der Waals surface area contributed by atoms with Gasteiger partial charge in [-0.3, -0.25) is 4.79 Å². The molecule has 0 amide bonds. The number of carbonyl (C=O) groups is 1. The summed E-state index contributed by atoms with van der Waals surface area (Å²) in [7, 11) is 0. The van der Waals surface area contributed by atoms with Gasteiger partial charge in [-0.05, 0) is 23.6 Å². The molecule has 0 aliphatic carbocycles. The predicted molar refractivity (Wildman–Crippen MR) is 61.7 cm³/mol. The van der Waals surface area contributed by atoms with Crippen molar-refractivity contribution in [1.82, 2.24) is 0 Å². The first-order chi connectivity index (χ1) is 6.75. The maximum atomic E-state index is 11.7. The first kappa shape index (κ1) is 9.90. The summed E-state index contributed by atoms with van der Waals surface area (Å²) in [6.45, 7) is 0. The predicted octanol–water partition coefficient (Wildman–Crippen LogP) is 3.89. The fourth-order valence-electron chi connectivity index (χ4n) is 1.13. The van der Waals surface area contributed by atoms with E-state index < -0.39 is 0 Å². The maximum absolute atomic E-state index is 11.7. The zero-order chi connectivity index (χ0) is 9.97. The smallest absolute Gasteiger partial charge is 0.177 e. The van der Waals surface area contributed by atoms with E-state index in [1.165, 1.54) is 22.7 Å². The van der Waals surface area contributed by atoms with Crippen molar-refractivity contribution in [2.24, 2.45) is 0 Å². The summed E-state index contributed by atoms with van der Waals surface area (Å²) < 4.78 is 0.735. The first-order valence-corrected chi connectivity index (χ1v) is 6.14. The highest BCUT2D eigenvalue weighted by Crippen LogP contribution is 2.23. The van der Waals surface area contributed by atoms with E-state index in [9.17, 15) is 4.79 Å². The van der Waals surface area contributed by atoms with Gasteiger partial charge in [0.2, 0.25) is 0 Å². The Kier molecular flexibility index (Phi) is 3.01. The van der Waals surface area contributed by atoms with Crippen LogP contribution in [0.25, 0.3) is 0 Å². The average molecular weight is 243 g/mol. The molecule has 2 aromatic heterocycles. The Bertz CT molecular complexity index is 431. The van der Waals surface area contributed by atoms with Gasteiger partial charge in [0.25, 0.3) is 0 Å². The molecule has 72 valence electrons. The Labute approximate surface area is 95.0 Å². The molecule has 0 saturated heterocycles. The van der Waals surface area contributed by atoms with Crippen molar-refractivity contribution in [2.75, 3.05) is 0 Å². The molecule has 1 nitrogen and oxygen atoms in total. The highest BCUT2D eigenvalue weighted by atomic mass is 35.5. The number of thiophene rings is 2. The van der Waals surface area contributed by atoms with Crippen LogP contribution in [0.3, 0.4) is 0 Å². The van der Waals surface area contributed by atoms with Gasteiger partial charge >= 0.3 is 0 Å². The largest absolute Gasteiger partial charge is 0.293 e. The van der Waals surface area contributed by atoms with Crippen molar-refractivity contribution in [3.63, 3.8) is 0 Å². The Balaban J connectivity index is 2.09. The van der Waals surface area contributed by atoms with Gasteiger partial charge in [0, 0.05) is 11.3 Å². The number of hydrogen-bond donors (Lipinski definition) is 0. The molecule has 0 atom stereocenters. The van der Waals surface area contributed by atoms with Crippen LogP contribution in [0.15, 0.2) is 29.6 Å². The second-order valence-electron chi connectivity index (χ2n) is 2.78. The summed E-state index contributed by atoms with van der Waals surface area (Å²) in [5.74, 6) is 0.165. The molecule has 0 aliphatic rings. The minimum atomic E-state index is 0.165. The number of hydrogen-bond acceptors (Lipinski definition) is 3. The van der Waals surface area contributed by atoms with Gasteiger partial charge in [-0.15, -0.1) is 22.7 Å². The Morgan fingerprint density at radius 2 is 2.21 bits per heavy atom. The van der Waals surface area contributed by atoms with Gasteiger partial charge in [-0.25, -0.2) is 0 Å². The standard InChI is InChI=1S/C10H7ClOS2/c11-10-4-3-7(14-10)6-8(12)9-2-1-5-13-9/h1-5H,6H2. The highest BCUT2D eigenvalue weighted by Gasteiger charge is 2.09. The van der Waals surface area contributed by atoms with Gasteiger partial charge in [0.15, 0.2) is 5.78 Å². The molecule has 0 bridgehead atoms. The Morgan fingerprint density at radius 1 is 1.36 bits per heavy atom. The molecule has 2 aromatic rings. The van der Waals surface area contributed by atoms with Crippen LogP contribution in [0.1, 0.15) is 14.5 Å². The fraction of sp³-hybridized carbons (Fsp3) is 0.100. The third-order valence-electron chi connectivity index (χ3n) is 1.76. The molecular weight excluding hydrogens is 236 g/mol. The van der Waals surface area contributed by atoms with Crippen molar-refractivity contribution in [3.05, 3.63) is 43.7 Å². The third-order valence-corrected chi connectivity index (χ3v) is 3.90. The van der Waals surface area contributed by atoms with Crippen LogP contribution >= 0.6 is 34.3 Å². The van der Waals surface area contributed by atoms with Gasteiger partial charge in [-0.2, -0.15) is 0 Å². The summed E-state index contributed by atoms with van der Waals surface area (Å²) in [6, 6.07) is 7.46. The van der Waals surface area contributed by atoms with Crippen LogP contribution in [0, 0.1) is 0 Å². The van der Waals surface area contributed by atoms with Crippen LogP contribution in [0.5, 0.6) is 0 Å². The lowest BCUT2D eigenvalue weighted by Gasteiger charge is -1.93. The number of halogens is 1. The monoisotopic (exact) mass is 242 g/mol. The van der Waals surface area contributed by atoms with Crippen molar-refractivity contribution in [2.45, 2.75) is 6.42 Å². The zero-order valence-electron chi connectivity index (χ0n) is 7.20. The average Bonchev–Trinajstić information content (AvgIpc) is 2.75. The van der Waals surface area contributed by atoms with E-state index >= 15 is 0 Å². The van der Waals surface area contributed by atoms with E-state index in [0.29, 0.717) is 6.42 Å². The van der Waals surface area contributed by atoms with Crippen molar-refractivity contribution >= 4 is 40.1 Å². The fourth-order valence-corrected chi connectivity index (χ4v) is 2.88. The summed E-state index contributed by atoms with van der Waals surface area (Å²) >= 11 is 8.72. The summed E-state index contributed by atoms with van der Waals surface area (Å²) in [5, 5.41) is 1.91. The van der Waals surface area contributed by atoms with Crippen LogP contribution in [-0.4, -0.2) is 5.78 Å². The quantitative estimate of drug-likeness (QED) is 0.747. The SMILES string of the molecule is O=C(Cc1ccc(Cl)s1)c1cccs1. The van der Waals surface area contributed by atoms with Crippen molar-refractivity contribution < 1.29 is 4.79 Å². The molecule has 0 unspecified atom stereocenters. The van der Waals surface area contributed by atoms with E-state index in [-0.39, 0.29) is 5.78 Å². The minimum absolute atomic E-state index is 0.165. The molecule has 2 heterocycles. The summed E-state index contributed by atoms with van der Waals surface area (Å²) in [5.41, 5.74) is 0. The van der Waals surface area contributed by atoms with Gasteiger partial charge < -0.3 is 0 Å². The second-order valence-corrected chi connectivity index (χ2v) is 5.53. The lowest BCUT2D eigenvalue weighted by molar-refractivity contribution is 0.0997. The molecule has 2 rings (SSSR count). The van der Waals surface area contributed by atoms with E-state index in [4.69, 9.17) is 11.6 Å². The summed E-state index contributed by atoms with van der Waals surface area (Å²) in [4.78, 5) is 13.5. The molecule has 14 heavy (non-hydrogen) atoms. The minimum Gasteiger partial charge on any atom is -0.293 e. The van der Waals surface area contributed by atoms with Crippen LogP contribution in [0.2, 0.25) is 4.34 Å². The van der Waals surface area contributed by atoms with Crippen LogP contribution in [-0.2, 0) is 6.42 Å². The van der Waals surface area contributed by atoms with E-state index in [1.54, 1.807) is 0 Å². The van der Waals surface area contributed by atoms with E-state index in [1.807, 2.05) is 29.6 Å². The normalized spacial score (nSPS) is 10.4. The zero-order valence-corrected chi connectivity index (χ0v) is 9.59.